The summed E-state index contributed by atoms with van der Waals surface area (Å²) in [7, 11) is 0. The van der Waals surface area contributed by atoms with Crippen LogP contribution in [0.3, 0.4) is 0 Å². The SMILES string of the molecule is CCC(CC)n1ccc(CC(O)c2ccoc2Cl)n1. The van der Waals surface area contributed by atoms with Gasteiger partial charge in [-0.05, 0) is 36.6 Å². The van der Waals surface area contributed by atoms with Gasteiger partial charge >= 0.3 is 0 Å². The van der Waals surface area contributed by atoms with Crippen LogP contribution >= 0.6 is 11.6 Å². The summed E-state index contributed by atoms with van der Waals surface area (Å²) in [6.45, 7) is 4.30. The molecule has 0 aliphatic heterocycles. The van der Waals surface area contributed by atoms with E-state index in [0.29, 0.717) is 18.0 Å². The van der Waals surface area contributed by atoms with Crippen molar-refractivity contribution in [3.8, 4) is 0 Å². The van der Waals surface area contributed by atoms with E-state index in [0.717, 1.165) is 18.5 Å². The lowest BCUT2D eigenvalue weighted by molar-refractivity contribution is 0.176. The summed E-state index contributed by atoms with van der Waals surface area (Å²) in [6.07, 6.45) is 5.30. The maximum atomic E-state index is 10.1. The van der Waals surface area contributed by atoms with E-state index in [1.165, 1.54) is 6.26 Å². The summed E-state index contributed by atoms with van der Waals surface area (Å²) < 4.78 is 6.95. The van der Waals surface area contributed by atoms with Crippen LogP contribution in [0.2, 0.25) is 5.22 Å². The number of rotatable bonds is 6. The molecule has 19 heavy (non-hydrogen) atoms. The summed E-state index contributed by atoms with van der Waals surface area (Å²) in [5, 5.41) is 14.9. The van der Waals surface area contributed by atoms with Gasteiger partial charge in [-0.3, -0.25) is 4.68 Å². The average molecular weight is 283 g/mol. The predicted octanol–water partition coefficient (Wildman–Crippen LogP) is 3.77. The first-order valence-electron chi connectivity index (χ1n) is 6.60. The van der Waals surface area contributed by atoms with Crippen LogP contribution in [0.5, 0.6) is 0 Å². The van der Waals surface area contributed by atoms with Crippen LogP contribution in [0.1, 0.15) is 50.1 Å². The van der Waals surface area contributed by atoms with Gasteiger partial charge in [0.05, 0.1) is 24.1 Å². The number of furan rings is 1. The molecular formula is C14H19ClN2O2. The zero-order valence-corrected chi connectivity index (χ0v) is 12.0. The third kappa shape index (κ3) is 3.19. The molecule has 2 heterocycles. The van der Waals surface area contributed by atoms with Crippen molar-refractivity contribution in [2.75, 3.05) is 0 Å². The Hall–Kier alpha value is -1.26. The first-order valence-corrected chi connectivity index (χ1v) is 6.98. The van der Waals surface area contributed by atoms with Crippen LogP contribution in [0.25, 0.3) is 0 Å². The summed E-state index contributed by atoms with van der Waals surface area (Å²) >= 11 is 5.85. The third-order valence-electron chi connectivity index (χ3n) is 3.39. The second kappa shape index (κ2) is 6.26. The van der Waals surface area contributed by atoms with Gasteiger partial charge in [-0.2, -0.15) is 5.10 Å². The summed E-state index contributed by atoms with van der Waals surface area (Å²) in [5.41, 5.74) is 1.47. The van der Waals surface area contributed by atoms with Gasteiger partial charge in [0.15, 0.2) is 5.22 Å². The van der Waals surface area contributed by atoms with E-state index in [-0.39, 0.29) is 5.22 Å². The van der Waals surface area contributed by atoms with Gasteiger partial charge in [0.25, 0.3) is 0 Å². The van der Waals surface area contributed by atoms with Crippen molar-refractivity contribution in [3.63, 3.8) is 0 Å². The van der Waals surface area contributed by atoms with Crippen LogP contribution in [0.4, 0.5) is 0 Å². The molecule has 0 spiro atoms. The number of aliphatic hydroxyl groups excluding tert-OH is 1. The highest BCUT2D eigenvalue weighted by Crippen LogP contribution is 2.26. The number of halogens is 1. The zero-order valence-electron chi connectivity index (χ0n) is 11.2. The Morgan fingerprint density at radius 3 is 2.68 bits per heavy atom. The molecule has 0 aromatic carbocycles. The fourth-order valence-corrected chi connectivity index (χ4v) is 2.44. The fraction of sp³-hybridized carbons (Fsp3) is 0.500. The van der Waals surface area contributed by atoms with Crippen molar-refractivity contribution in [2.45, 2.75) is 45.3 Å². The molecule has 2 aromatic heterocycles. The number of nitrogens with zero attached hydrogens (tertiary/aromatic N) is 2. The topological polar surface area (TPSA) is 51.2 Å². The molecule has 0 saturated heterocycles. The van der Waals surface area contributed by atoms with Crippen molar-refractivity contribution in [1.29, 1.82) is 0 Å². The van der Waals surface area contributed by atoms with Crippen molar-refractivity contribution in [2.24, 2.45) is 0 Å². The van der Waals surface area contributed by atoms with Crippen molar-refractivity contribution >= 4 is 11.6 Å². The molecule has 4 nitrogen and oxygen atoms in total. The van der Waals surface area contributed by atoms with E-state index in [9.17, 15) is 5.11 Å². The van der Waals surface area contributed by atoms with E-state index < -0.39 is 6.10 Å². The number of aromatic nitrogens is 2. The Balaban J connectivity index is 2.06. The Bertz CT molecular complexity index is 517. The molecule has 0 bridgehead atoms. The monoisotopic (exact) mass is 282 g/mol. The van der Waals surface area contributed by atoms with Crippen LogP contribution in [-0.4, -0.2) is 14.9 Å². The maximum absolute atomic E-state index is 10.1. The van der Waals surface area contributed by atoms with Gasteiger partial charge in [-0.15, -0.1) is 0 Å². The van der Waals surface area contributed by atoms with E-state index >= 15 is 0 Å². The maximum Gasteiger partial charge on any atom is 0.198 e. The Kier molecular flexibility index (Phi) is 4.66. The zero-order chi connectivity index (χ0) is 13.8. The van der Waals surface area contributed by atoms with Crippen molar-refractivity contribution in [1.82, 2.24) is 9.78 Å². The second-order valence-electron chi connectivity index (χ2n) is 4.63. The molecule has 0 saturated carbocycles. The van der Waals surface area contributed by atoms with Gasteiger partial charge in [0.2, 0.25) is 0 Å². The van der Waals surface area contributed by atoms with Gasteiger partial charge < -0.3 is 9.52 Å². The average Bonchev–Trinajstić information content (AvgIpc) is 3.00. The quantitative estimate of drug-likeness (QED) is 0.877. The molecule has 2 rings (SSSR count). The van der Waals surface area contributed by atoms with Gasteiger partial charge in [-0.25, -0.2) is 0 Å². The summed E-state index contributed by atoms with van der Waals surface area (Å²) in [5.74, 6) is 0. The van der Waals surface area contributed by atoms with Crippen LogP contribution in [0, 0.1) is 0 Å². The molecule has 0 aliphatic rings. The van der Waals surface area contributed by atoms with Crippen LogP contribution in [-0.2, 0) is 6.42 Å². The van der Waals surface area contributed by atoms with Gasteiger partial charge in [-0.1, -0.05) is 13.8 Å². The minimum atomic E-state index is -0.684. The number of hydrogen-bond donors (Lipinski definition) is 1. The molecule has 1 unspecified atom stereocenters. The van der Waals surface area contributed by atoms with Gasteiger partial charge in [0, 0.05) is 18.2 Å². The number of hydrogen-bond acceptors (Lipinski definition) is 3. The molecule has 104 valence electrons. The standard InChI is InChI=1S/C14H19ClN2O2/c1-3-11(4-2)17-7-5-10(16-17)9-13(18)12-6-8-19-14(12)15/h5-8,11,13,18H,3-4,9H2,1-2H3. The second-order valence-corrected chi connectivity index (χ2v) is 4.97. The molecule has 2 aromatic rings. The molecule has 0 amide bonds. The van der Waals surface area contributed by atoms with Gasteiger partial charge in [0.1, 0.15) is 0 Å². The lowest BCUT2D eigenvalue weighted by Crippen LogP contribution is -2.09. The number of aliphatic hydroxyl groups is 1. The fourth-order valence-electron chi connectivity index (χ4n) is 2.20. The minimum Gasteiger partial charge on any atom is -0.453 e. The largest absolute Gasteiger partial charge is 0.453 e. The Morgan fingerprint density at radius 1 is 1.37 bits per heavy atom. The minimum absolute atomic E-state index is 0.243. The van der Waals surface area contributed by atoms with E-state index in [4.69, 9.17) is 16.0 Å². The predicted molar refractivity (Wildman–Crippen MR) is 74.2 cm³/mol. The molecule has 0 fully saturated rings. The molecule has 0 aliphatic carbocycles. The van der Waals surface area contributed by atoms with E-state index in [1.807, 2.05) is 16.9 Å². The molecule has 0 radical (unpaired) electrons. The lowest BCUT2D eigenvalue weighted by Gasteiger charge is -2.12. The Labute approximate surface area is 118 Å². The first-order chi connectivity index (χ1) is 9.15. The molecular weight excluding hydrogens is 264 g/mol. The van der Waals surface area contributed by atoms with Crippen molar-refractivity contribution < 1.29 is 9.52 Å². The van der Waals surface area contributed by atoms with Crippen molar-refractivity contribution in [3.05, 3.63) is 41.1 Å². The molecule has 1 N–H and O–H groups in total. The van der Waals surface area contributed by atoms with Crippen LogP contribution in [0.15, 0.2) is 29.0 Å². The summed E-state index contributed by atoms with van der Waals surface area (Å²) in [6, 6.07) is 4.05. The normalized spacial score (nSPS) is 13.1. The highest BCUT2D eigenvalue weighted by molar-refractivity contribution is 6.29. The lowest BCUT2D eigenvalue weighted by atomic mass is 10.1. The third-order valence-corrected chi connectivity index (χ3v) is 3.70. The van der Waals surface area contributed by atoms with E-state index in [2.05, 4.69) is 18.9 Å². The molecule has 5 heteroatoms. The summed E-state index contributed by atoms with van der Waals surface area (Å²) in [4.78, 5) is 0. The first kappa shape index (κ1) is 14.2. The Morgan fingerprint density at radius 2 is 2.11 bits per heavy atom. The highest BCUT2D eigenvalue weighted by atomic mass is 35.5. The van der Waals surface area contributed by atoms with Crippen LogP contribution < -0.4 is 0 Å². The van der Waals surface area contributed by atoms with E-state index in [1.54, 1.807) is 6.07 Å². The highest BCUT2D eigenvalue weighted by Gasteiger charge is 2.16. The smallest absolute Gasteiger partial charge is 0.198 e. The molecule has 1 atom stereocenters.